The van der Waals surface area contributed by atoms with Gasteiger partial charge in [0.1, 0.15) is 0 Å². The van der Waals surface area contributed by atoms with E-state index in [9.17, 15) is 4.79 Å². The number of amides is 1. The van der Waals surface area contributed by atoms with E-state index in [4.69, 9.17) is 5.73 Å². The van der Waals surface area contributed by atoms with Crippen molar-refractivity contribution in [3.63, 3.8) is 0 Å². The molecule has 1 aromatic heterocycles. The first-order valence-electron chi connectivity index (χ1n) is 6.15. The van der Waals surface area contributed by atoms with E-state index >= 15 is 0 Å². The van der Waals surface area contributed by atoms with Crippen LogP contribution < -0.4 is 11.1 Å². The van der Waals surface area contributed by atoms with Crippen molar-refractivity contribution in [2.24, 2.45) is 0 Å². The second-order valence-corrected chi connectivity index (χ2v) is 4.69. The molecule has 1 amide bonds. The Morgan fingerprint density at radius 1 is 1.30 bits per heavy atom. The molecule has 2 rings (SSSR count). The van der Waals surface area contributed by atoms with Gasteiger partial charge in [-0.15, -0.1) is 0 Å². The number of aromatic nitrogens is 2. The Balaban J connectivity index is 2.04. The van der Waals surface area contributed by atoms with Gasteiger partial charge in [-0.25, -0.2) is 4.63 Å². The Hall–Kier alpha value is -2.41. The van der Waals surface area contributed by atoms with Crippen molar-refractivity contribution in [1.29, 1.82) is 0 Å². The summed E-state index contributed by atoms with van der Waals surface area (Å²) in [7, 11) is 3.99. The van der Waals surface area contributed by atoms with Crippen LogP contribution in [0.25, 0.3) is 0 Å². The van der Waals surface area contributed by atoms with E-state index in [0.717, 1.165) is 17.7 Å². The molecule has 0 radical (unpaired) electrons. The largest absolute Gasteiger partial charge is 0.379 e. The fourth-order valence-electron chi connectivity index (χ4n) is 1.84. The second kappa shape index (κ2) is 6.16. The zero-order valence-corrected chi connectivity index (χ0v) is 11.5. The topological polar surface area (TPSA) is 97.3 Å². The van der Waals surface area contributed by atoms with E-state index in [1.807, 2.05) is 38.4 Å². The maximum absolute atomic E-state index is 11.9. The summed E-state index contributed by atoms with van der Waals surface area (Å²) in [6.07, 6.45) is 0. The van der Waals surface area contributed by atoms with Crippen molar-refractivity contribution >= 4 is 11.7 Å². The van der Waals surface area contributed by atoms with Gasteiger partial charge >= 0.3 is 0 Å². The first kappa shape index (κ1) is 14.0. The number of carbonyl (C=O) groups is 1. The van der Waals surface area contributed by atoms with Gasteiger partial charge in [0.15, 0.2) is 0 Å². The number of hydrogen-bond acceptors (Lipinski definition) is 6. The molecule has 0 bridgehead atoms. The van der Waals surface area contributed by atoms with Crippen LogP contribution in [0.4, 0.5) is 5.82 Å². The zero-order chi connectivity index (χ0) is 14.5. The molecule has 7 nitrogen and oxygen atoms in total. The molecule has 3 N–H and O–H groups in total. The van der Waals surface area contributed by atoms with Crippen LogP contribution in [0.3, 0.4) is 0 Å². The predicted octanol–water partition coefficient (Wildman–Crippen LogP) is 0.643. The number of anilines is 1. The van der Waals surface area contributed by atoms with Crippen LogP contribution in [0.1, 0.15) is 21.6 Å². The number of rotatable bonds is 5. The lowest BCUT2D eigenvalue weighted by Gasteiger charge is -2.14. The lowest BCUT2D eigenvalue weighted by molar-refractivity contribution is 0.0941. The molecule has 2 aromatic rings. The van der Waals surface area contributed by atoms with Crippen LogP contribution in [-0.4, -0.2) is 35.2 Å². The van der Waals surface area contributed by atoms with Crippen LogP contribution in [-0.2, 0) is 13.1 Å². The number of hydrogen-bond donors (Lipinski definition) is 2. The second-order valence-electron chi connectivity index (χ2n) is 4.69. The summed E-state index contributed by atoms with van der Waals surface area (Å²) in [5.74, 6) is -0.410. The average Bonchev–Trinajstić information content (AvgIpc) is 2.83. The van der Waals surface area contributed by atoms with Crippen LogP contribution in [0.2, 0.25) is 0 Å². The molecule has 0 spiro atoms. The highest BCUT2D eigenvalue weighted by molar-refractivity contribution is 5.95. The fourth-order valence-corrected chi connectivity index (χ4v) is 1.84. The number of nitrogens with two attached hydrogens (primary N) is 1. The molecule has 0 atom stereocenters. The Bertz CT molecular complexity index is 594. The molecule has 0 fully saturated rings. The minimum Gasteiger partial charge on any atom is -0.379 e. The molecule has 0 aliphatic rings. The van der Waals surface area contributed by atoms with Crippen molar-refractivity contribution in [3.8, 4) is 0 Å². The normalized spacial score (nSPS) is 10.8. The van der Waals surface area contributed by atoms with E-state index in [2.05, 4.69) is 25.2 Å². The lowest BCUT2D eigenvalue weighted by Crippen LogP contribution is -2.25. The summed E-state index contributed by atoms with van der Waals surface area (Å²) in [4.78, 5) is 13.9. The van der Waals surface area contributed by atoms with Gasteiger partial charge in [-0.3, -0.25) is 4.79 Å². The third-order valence-electron chi connectivity index (χ3n) is 2.77. The van der Waals surface area contributed by atoms with E-state index in [1.165, 1.54) is 0 Å². The number of benzene rings is 1. The maximum Gasteiger partial charge on any atom is 0.277 e. The van der Waals surface area contributed by atoms with Crippen molar-refractivity contribution in [2.45, 2.75) is 13.1 Å². The summed E-state index contributed by atoms with van der Waals surface area (Å²) in [5, 5.41) is 9.60. The van der Waals surface area contributed by atoms with E-state index < -0.39 is 5.91 Å². The van der Waals surface area contributed by atoms with Gasteiger partial charge < -0.3 is 16.0 Å². The van der Waals surface area contributed by atoms with Crippen molar-refractivity contribution in [2.75, 3.05) is 19.8 Å². The summed E-state index contributed by atoms with van der Waals surface area (Å²) >= 11 is 0. The quantitative estimate of drug-likeness (QED) is 0.831. The Morgan fingerprint density at radius 3 is 2.60 bits per heavy atom. The molecule has 20 heavy (non-hydrogen) atoms. The van der Waals surface area contributed by atoms with Crippen LogP contribution >= 0.6 is 0 Å². The molecule has 0 unspecified atom stereocenters. The number of nitrogen functional groups attached to an aromatic ring is 1. The lowest BCUT2D eigenvalue weighted by atomic mass is 10.1. The summed E-state index contributed by atoms with van der Waals surface area (Å²) in [5.41, 5.74) is 7.68. The van der Waals surface area contributed by atoms with Gasteiger partial charge in [-0.1, -0.05) is 24.3 Å². The van der Waals surface area contributed by atoms with Crippen LogP contribution in [0.15, 0.2) is 28.9 Å². The van der Waals surface area contributed by atoms with Gasteiger partial charge in [0.2, 0.25) is 11.5 Å². The number of carbonyl (C=O) groups excluding carboxylic acids is 1. The molecule has 106 valence electrons. The SMILES string of the molecule is CN(C)Cc1ccccc1CNC(=O)c1nonc1N. The molecule has 0 saturated heterocycles. The van der Waals surface area contributed by atoms with Crippen LogP contribution in [0.5, 0.6) is 0 Å². The third-order valence-corrected chi connectivity index (χ3v) is 2.77. The minimum atomic E-state index is -0.400. The van der Waals surface area contributed by atoms with Gasteiger partial charge in [0.05, 0.1) is 0 Å². The van der Waals surface area contributed by atoms with Crippen LogP contribution in [0, 0.1) is 0 Å². The maximum atomic E-state index is 11.9. The van der Waals surface area contributed by atoms with Crippen molar-refractivity contribution in [3.05, 3.63) is 41.1 Å². The molecular formula is C13H17N5O2. The molecule has 1 aromatic carbocycles. The predicted molar refractivity (Wildman–Crippen MR) is 73.7 cm³/mol. The highest BCUT2D eigenvalue weighted by atomic mass is 16.6. The summed E-state index contributed by atoms with van der Waals surface area (Å²) in [6.45, 7) is 1.20. The van der Waals surface area contributed by atoms with Gasteiger partial charge in [-0.05, 0) is 35.5 Å². The van der Waals surface area contributed by atoms with Crippen molar-refractivity contribution in [1.82, 2.24) is 20.5 Å². The molecule has 0 aliphatic heterocycles. The number of nitrogens with zero attached hydrogens (tertiary/aromatic N) is 3. The highest BCUT2D eigenvalue weighted by Crippen LogP contribution is 2.11. The molecule has 1 heterocycles. The van der Waals surface area contributed by atoms with Crippen molar-refractivity contribution < 1.29 is 9.42 Å². The monoisotopic (exact) mass is 275 g/mol. The van der Waals surface area contributed by atoms with E-state index in [-0.39, 0.29) is 11.5 Å². The van der Waals surface area contributed by atoms with Gasteiger partial charge in [0, 0.05) is 13.1 Å². The highest BCUT2D eigenvalue weighted by Gasteiger charge is 2.15. The summed E-state index contributed by atoms with van der Waals surface area (Å²) < 4.78 is 4.40. The Labute approximate surface area is 116 Å². The Morgan fingerprint density at radius 2 is 2.00 bits per heavy atom. The third kappa shape index (κ3) is 3.33. The van der Waals surface area contributed by atoms with Gasteiger partial charge in [0.25, 0.3) is 5.91 Å². The molecule has 0 saturated carbocycles. The molecular weight excluding hydrogens is 258 g/mol. The Kier molecular flexibility index (Phi) is 4.31. The average molecular weight is 275 g/mol. The standard InChI is InChI=1S/C13H17N5O2/c1-18(2)8-10-6-4-3-5-9(10)7-15-13(19)11-12(14)17-20-16-11/h3-6H,7-8H2,1-2H3,(H2,14,17)(H,15,19). The smallest absolute Gasteiger partial charge is 0.277 e. The first-order valence-corrected chi connectivity index (χ1v) is 6.15. The van der Waals surface area contributed by atoms with Gasteiger partial charge in [-0.2, -0.15) is 0 Å². The molecule has 7 heteroatoms. The number of nitrogens with one attached hydrogen (secondary N) is 1. The van der Waals surface area contributed by atoms with E-state index in [0.29, 0.717) is 6.54 Å². The summed E-state index contributed by atoms with van der Waals surface area (Å²) in [6, 6.07) is 7.92. The zero-order valence-electron chi connectivity index (χ0n) is 11.5. The molecule has 0 aliphatic carbocycles. The first-order chi connectivity index (χ1) is 9.58. The fraction of sp³-hybridized carbons (Fsp3) is 0.308. The minimum absolute atomic E-state index is 0.00934. The van der Waals surface area contributed by atoms with E-state index in [1.54, 1.807) is 0 Å².